The Bertz CT molecular complexity index is 1060. The van der Waals surface area contributed by atoms with Gasteiger partial charge in [0.2, 0.25) is 0 Å². The molecule has 3 rings (SSSR count). The first-order valence-electron chi connectivity index (χ1n) is 10.4. The first-order chi connectivity index (χ1) is 15.6. The number of carbonyl (C=O) groups excluding carboxylic acids is 2. The number of amides is 1. The number of nitriles is 1. The maximum absolute atomic E-state index is 12.8. The minimum absolute atomic E-state index is 0.111. The number of esters is 1. The Labute approximate surface area is 196 Å². The molecule has 12 heteroatoms. The van der Waals surface area contributed by atoms with Crippen molar-refractivity contribution >= 4 is 40.2 Å². The van der Waals surface area contributed by atoms with Crippen molar-refractivity contribution < 1.29 is 19.1 Å². The maximum atomic E-state index is 12.8. The zero-order chi connectivity index (χ0) is 24.2. The van der Waals surface area contributed by atoms with Gasteiger partial charge in [0.25, 0.3) is 0 Å². The Balaban J connectivity index is 1.90. The van der Waals surface area contributed by atoms with Crippen LogP contribution < -0.4 is 15.5 Å². The lowest BCUT2D eigenvalue weighted by Crippen LogP contribution is -2.60. The molecular formula is C21H27N7O4S. The first kappa shape index (κ1) is 24.2. The summed E-state index contributed by atoms with van der Waals surface area (Å²) in [5, 5.41) is 16.0. The van der Waals surface area contributed by atoms with Crippen molar-refractivity contribution in [2.24, 2.45) is 0 Å². The third kappa shape index (κ3) is 6.07. The van der Waals surface area contributed by atoms with Gasteiger partial charge in [-0.2, -0.15) is 9.64 Å². The number of hydrogen-bond acceptors (Lipinski definition) is 11. The highest BCUT2D eigenvalue weighted by Crippen LogP contribution is 2.28. The number of carbonyl (C=O) groups is 2. The number of piperidine rings is 1. The molecule has 0 spiro atoms. The molecule has 0 bridgehead atoms. The van der Waals surface area contributed by atoms with Gasteiger partial charge in [-0.1, -0.05) is 0 Å². The number of nitrogens with zero attached hydrogens (tertiary/aromatic N) is 5. The second-order valence-electron chi connectivity index (χ2n) is 8.55. The van der Waals surface area contributed by atoms with E-state index in [4.69, 9.17) is 9.47 Å². The Morgan fingerprint density at radius 2 is 2.12 bits per heavy atom. The second-order valence-corrected chi connectivity index (χ2v) is 9.36. The van der Waals surface area contributed by atoms with Crippen LogP contribution in [-0.2, 0) is 14.3 Å². The molecule has 0 aromatic carbocycles. The van der Waals surface area contributed by atoms with Crippen LogP contribution in [0.2, 0.25) is 0 Å². The fourth-order valence-electron chi connectivity index (χ4n) is 3.50. The number of anilines is 3. The number of aryl methyl sites for hydroxylation is 1. The molecule has 3 heterocycles. The lowest BCUT2D eigenvalue weighted by Gasteiger charge is -2.40. The number of aromatic nitrogens is 3. The summed E-state index contributed by atoms with van der Waals surface area (Å²) < 4.78 is 14.6. The van der Waals surface area contributed by atoms with Gasteiger partial charge in [-0.25, -0.2) is 19.6 Å². The lowest BCUT2D eigenvalue weighted by molar-refractivity contribution is -0.143. The number of ether oxygens (including phenoxy) is 2. The van der Waals surface area contributed by atoms with E-state index in [-0.39, 0.29) is 11.5 Å². The van der Waals surface area contributed by atoms with Crippen molar-refractivity contribution in [1.29, 1.82) is 5.26 Å². The van der Waals surface area contributed by atoms with Crippen LogP contribution in [0.5, 0.6) is 0 Å². The van der Waals surface area contributed by atoms with E-state index < -0.39 is 29.7 Å². The van der Waals surface area contributed by atoms with Crippen LogP contribution in [0, 0.1) is 18.3 Å². The number of hydrogen-bond donors (Lipinski definition) is 2. The normalized spacial score (nSPS) is 18.2. The molecule has 1 amide bonds. The summed E-state index contributed by atoms with van der Waals surface area (Å²) in [6, 6.07) is 2.46. The summed E-state index contributed by atoms with van der Waals surface area (Å²) >= 11 is 1.24. The minimum atomic E-state index is -0.836. The molecule has 2 atom stereocenters. The molecule has 33 heavy (non-hydrogen) atoms. The second kappa shape index (κ2) is 9.99. The van der Waals surface area contributed by atoms with Crippen molar-refractivity contribution in [3.05, 3.63) is 23.7 Å². The van der Waals surface area contributed by atoms with Crippen LogP contribution in [0.15, 0.2) is 12.3 Å². The zero-order valence-electron chi connectivity index (χ0n) is 19.2. The fraction of sp³-hybridized carbons (Fsp3) is 0.524. The third-order valence-electron chi connectivity index (χ3n) is 4.81. The zero-order valence-corrected chi connectivity index (χ0v) is 20.0. The fourth-order valence-corrected chi connectivity index (χ4v) is 4.16. The molecule has 176 valence electrons. The van der Waals surface area contributed by atoms with E-state index in [1.165, 1.54) is 24.8 Å². The number of rotatable bonds is 5. The van der Waals surface area contributed by atoms with E-state index in [9.17, 15) is 14.9 Å². The minimum Gasteiger partial charge on any atom is -0.467 e. The van der Waals surface area contributed by atoms with E-state index in [2.05, 4.69) is 25.0 Å². The van der Waals surface area contributed by atoms with Crippen molar-refractivity contribution in [2.45, 2.75) is 58.2 Å². The molecule has 2 N–H and O–H groups in total. The van der Waals surface area contributed by atoms with E-state index in [0.29, 0.717) is 30.2 Å². The maximum Gasteiger partial charge on any atom is 0.407 e. The van der Waals surface area contributed by atoms with Crippen LogP contribution in [0.1, 0.15) is 45.0 Å². The van der Waals surface area contributed by atoms with Crippen LogP contribution >= 0.6 is 11.5 Å². The van der Waals surface area contributed by atoms with E-state index in [1.807, 2.05) is 19.1 Å². The van der Waals surface area contributed by atoms with Crippen LogP contribution in [0.3, 0.4) is 0 Å². The van der Waals surface area contributed by atoms with E-state index in [0.717, 1.165) is 5.69 Å². The molecule has 1 aliphatic rings. The molecule has 1 aliphatic heterocycles. The predicted octanol–water partition coefficient (Wildman–Crippen LogP) is 2.89. The standard InChI is InChI=1S/C21H27N7O4S/c1-12-9-16(33-27-12)26-18-14(10-22)23-11-15(25-18)28-8-6-7-13(17(28)19(29)31-5)24-20(30)32-21(2,3)4/h9,11,13,17H,6-8H2,1-5H3,(H,24,30)(H,25,26). The van der Waals surface area contributed by atoms with E-state index in [1.54, 1.807) is 25.7 Å². The highest BCUT2D eigenvalue weighted by molar-refractivity contribution is 7.10. The number of nitrogens with one attached hydrogen (secondary N) is 2. The summed E-state index contributed by atoms with van der Waals surface area (Å²) in [4.78, 5) is 35.7. The SMILES string of the molecule is COC(=O)C1C(NC(=O)OC(C)(C)C)CCCN1c1cnc(C#N)c(Nc2cc(C)ns2)n1. The molecule has 2 aromatic rings. The van der Waals surface area contributed by atoms with Gasteiger partial charge in [-0.15, -0.1) is 0 Å². The van der Waals surface area contributed by atoms with Crippen LogP contribution in [-0.4, -0.2) is 57.7 Å². The van der Waals surface area contributed by atoms with E-state index >= 15 is 0 Å². The monoisotopic (exact) mass is 473 g/mol. The lowest BCUT2D eigenvalue weighted by atomic mass is 9.96. The molecule has 0 saturated carbocycles. The molecular weight excluding hydrogens is 446 g/mol. The number of alkyl carbamates (subject to hydrolysis) is 1. The summed E-state index contributed by atoms with van der Waals surface area (Å²) in [6.45, 7) is 7.66. The summed E-state index contributed by atoms with van der Waals surface area (Å²) in [5.41, 5.74) is 0.274. The Morgan fingerprint density at radius 3 is 2.73 bits per heavy atom. The van der Waals surface area contributed by atoms with Crippen LogP contribution in [0.25, 0.3) is 0 Å². The third-order valence-corrected chi connectivity index (χ3v) is 5.60. The highest BCUT2D eigenvalue weighted by Gasteiger charge is 2.40. The van der Waals surface area contributed by atoms with Crippen molar-refractivity contribution in [3.63, 3.8) is 0 Å². The largest absolute Gasteiger partial charge is 0.467 e. The van der Waals surface area contributed by atoms with Gasteiger partial charge in [-0.3, -0.25) is 0 Å². The van der Waals surface area contributed by atoms with Gasteiger partial charge in [-0.05, 0) is 58.1 Å². The van der Waals surface area contributed by atoms with Gasteiger partial charge in [0.1, 0.15) is 28.5 Å². The van der Waals surface area contributed by atoms with Gasteiger partial charge in [0, 0.05) is 6.54 Å². The molecule has 11 nitrogen and oxygen atoms in total. The van der Waals surface area contributed by atoms with Crippen molar-refractivity contribution in [2.75, 3.05) is 23.9 Å². The van der Waals surface area contributed by atoms with Crippen molar-refractivity contribution in [3.8, 4) is 6.07 Å². The predicted molar refractivity (Wildman–Crippen MR) is 122 cm³/mol. The Morgan fingerprint density at radius 1 is 1.36 bits per heavy atom. The summed E-state index contributed by atoms with van der Waals surface area (Å²) in [7, 11) is 1.29. The molecule has 0 aliphatic carbocycles. The topological polar surface area (TPSA) is 142 Å². The average molecular weight is 474 g/mol. The quantitative estimate of drug-likeness (QED) is 0.622. The van der Waals surface area contributed by atoms with Gasteiger partial charge >= 0.3 is 12.1 Å². The molecule has 2 unspecified atom stereocenters. The smallest absolute Gasteiger partial charge is 0.407 e. The van der Waals surface area contributed by atoms with Crippen molar-refractivity contribution in [1.82, 2.24) is 19.7 Å². The average Bonchev–Trinajstić information content (AvgIpc) is 3.16. The van der Waals surface area contributed by atoms with Crippen LogP contribution in [0.4, 0.5) is 21.4 Å². The molecule has 0 radical (unpaired) electrons. The van der Waals surface area contributed by atoms with Gasteiger partial charge in [0.05, 0.1) is 25.0 Å². The number of methoxy groups -OCH3 is 1. The first-order valence-corrected chi connectivity index (χ1v) is 11.2. The summed E-state index contributed by atoms with van der Waals surface area (Å²) in [5.74, 6) is 0.114. The Kier molecular flexibility index (Phi) is 7.33. The van der Waals surface area contributed by atoms with Gasteiger partial charge in [0.15, 0.2) is 11.5 Å². The Hall–Kier alpha value is -3.46. The highest BCUT2D eigenvalue weighted by atomic mass is 32.1. The summed E-state index contributed by atoms with van der Waals surface area (Å²) in [6.07, 6.45) is 2.07. The van der Waals surface area contributed by atoms with Gasteiger partial charge < -0.3 is 25.0 Å². The molecule has 2 aromatic heterocycles. The molecule has 1 fully saturated rings. The molecule has 1 saturated heterocycles.